The number of ether oxygens (including phenoxy) is 1. The molecule has 0 N–H and O–H groups in total. The highest BCUT2D eigenvalue weighted by Crippen LogP contribution is 2.38. The molecule has 33 heavy (non-hydrogen) atoms. The lowest BCUT2D eigenvalue weighted by molar-refractivity contribution is 0.0786. The molecule has 2 aromatic heterocycles. The third-order valence-corrected chi connectivity index (χ3v) is 6.10. The maximum Gasteiger partial charge on any atom is 0.254 e. The van der Waals surface area contributed by atoms with Crippen LogP contribution in [0, 0.1) is 0 Å². The van der Waals surface area contributed by atoms with Crippen molar-refractivity contribution in [1.29, 1.82) is 0 Å². The second kappa shape index (κ2) is 8.87. The third kappa shape index (κ3) is 4.10. The molecule has 2 aromatic carbocycles. The first-order chi connectivity index (χ1) is 16.1. The van der Waals surface area contributed by atoms with Crippen LogP contribution < -0.4 is 4.74 Å². The number of aromatic nitrogens is 2. The van der Waals surface area contributed by atoms with Crippen LogP contribution in [0.15, 0.2) is 73.1 Å². The summed E-state index contributed by atoms with van der Waals surface area (Å²) in [5.41, 5.74) is 6.83. The molecule has 1 aliphatic carbocycles. The van der Waals surface area contributed by atoms with E-state index in [4.69, 9.17) is 9.72 Å². The van der Waals surface area contributed by atoms with Crippen molar-refractivity contribution in [3.8, 4) is 5.75 Å². The van der Waals surface area contributed by atoms with E-state index in [0.29, 0.717) is 6.54 Å². The quantitative estimate of drug-likeness (QED) is 0.421. The Hall–Kier alpha value is -3.99. The number of pyridine rings is 2. The molecule has 5 heteroatoms. The number of carbonyl (C=O) groups is 1. The summed E-state index contributed by atoms with van der Waals surface area (Å²) < 4.78 is 5.27. The molecule has 2 heterocycles. The molecule has 1 aliphatic rings. The Morgan fingerprint density at radius 2 is 1.88 bits per heavy atom. The summed E-state index contributed by atoms with van der Waals surface area (Å²) >= 11 is 0. The fourth-order valence-corrected chi connectivity index (χ4v) is 4.45. The van der Waals surface area contributed by atoms with Crippen LogP contribution >= 0.6 is 0 Å². The Morgan fingerprint density at radius 1 is 1.06 bits per heavy atom. The standard InChI is InChI=1S/C28H25N3O2/c1-31(18-20-6-5-15-29-17-20)28(32)26-23-7-3-4-8-25(23)30-27-21(11-14-24(26)27)16-19-9-12-22(33-2)13-10-19/h3-10,12-13,15-17H,11,14,18H2,1-2H3/b21-16-. The highest BCUT2D eigenvalue weighted by Gasteiger charge is 2.28. The highest BCUT2D eigenvalue weighted by atomic mass is 16.5. The molecule has 0 saturated heterocycles. The monoisotopic (exact) mass is 435 g/mol. The summed E-state index contributed by atoms with van der Waals surface area (Å²) in [6.45, 7) is 0.507. The number of benzene rings is 2. The molecule has 1 amide bonds. The minimum atomic E-state index is 0.0133. The van der Waals surface area contributed by atoms with Crippen molar-refractivity contribution in [1.82, 2.24) is 14.9 Å². The minimum Gasteiger partial charge on any atom is -0.497 e. The van der Waals surface area contributed by atoms with E-state index in [9.17, 15) is 4.79 Å². The predicted octanol–water partition coefficient (Wildman–Crippen LogP) is 5.40. The number of nitrogens with zero attached hydrogens (tertiary/aromatic N) is 3. The maximum absolute atomic E-state index is 13.7. The first-order valence-electron chi connectivity index (χ1n) is 11.0. The van der Waals surface area contributed by atoms with Gasteiger partial charge in [0.05, 0.1) is 23.9 Å². The molecule has 0 atom stereocenters. The average Bonchev–Trinajstić information content (AvgIpc) is 3.25. The lowest BCUT2D eigenvalue weighted by atomic mass is 9.99. The van der Waals surface area contributed by atoms with Crippen molar-refractivity contribution in [2.24, 2.45) is 0 Å². The molecule has 4 aromatic rings. The Labute approximate surface area is 193 Å². The summed E-state index contributed by atoms with van der Waals surface area (Å²) in [5, 5.41) is 0.907. The molecule has 0 aliphatic heterocycles. The van der Waals surface area contributed by atoms with E-state index in [0.717, 1.165) is 63.0 Å². The first-order valence-corrected chi connectivity index (χ1v) is 11.0. The predicted molar refractivity (Wildman–Crippen MR) is 131 cm³/mol. The van der Waals surface area contributed by atoms with Gasteiger partial charge in [-0.3, -0.25) is 9.78 Å². The number of rotatable bonds is 5. The largest absolute Gasteiger partial charge is 0.497 e. The summed E-state index contributed by atoms with van der Waals surface area (Å²) in [5.74, 6) is 0.844. The molecule has 0 fully saturated rings. The molecule has 5 nitrogen and oxygen atoms in total. The first kappa shape index (κ1) is 20.9. The van der Waals surface area contributed by atoms with Gasteiger partial charge in [0, 0.05) is 31.4 Å². The Balaban J connectivity index is 1.57. The summed E-state index contributed by atoms with van der Waals surface area (Å²) in [7, 11) is 3.51. The number of hydrogen-bond donors (Lipinski definition) is 0. The zero-order valence-corrected chi connectivity index (χ0v) is 18.8. The fraction of sp³-hybridized carbons (Fsp3) is 0.179. The van der Waals surface area contributed by atoms with Gasteiger partial charge >= 0.3 is 0 Å². The molecule has 0 radical (unpaired) electrons. The summed E-state index contributed by atoms with van der Waals surface area (Å²) in [4.78, 5) is 24.6. The number of para-hydroxylation sites is 1. The van der Waals surface area contributed by atoms with Crippen molar-refractivity contribution >= 4 is 28.5 Å². The number of fused-ring (bicyclic) bond motifs is 2. The van der Waals surface area contributed by atoms with Crippen LogP contribution in [-0.2, 0) is 13.0 Å². The number of methoxy groups -OCH3 is 1. The SMILES string of the molecule is COc1ccc(/C=C2/CCc3c2nc2ccccc2c3C(=O)N(C)Cc2cccnc2)cc1. The van der Waals surface area contributed by atoms with Gasteiger partial charge in [-0.25, -0.2) is 4.98 Å². The van der Waals surface area contributed by atoms with Gasteiger partial charge in [0.2, 0.25) is 0 Å². The van der Waals surface area contributed by atoms with Gasteiger partial charge < -0.3 is 9.64 Å². The van der Waals surface area contributed by atoms with Gasteiger partial charge in [0.1, 0.15) is 5.75 Å². The Bertz CT molecular complexity index is 1350. The van der Waals surface area contributed by atoms with Gasteiger partial charge in [-0.1, -0.05) is 36.4 Å². The van der Waals surface area contributed by atoms with E-state index >= 15 is 0 Å². The molecule has 0 saturated carbocycles. The third-order valence-electron chi connectivity index (χ3n) is 6.10. The molecule has 0 bridgehead atoms. The van der Waals surface area contributed by atoms with Crippen LogP contribution in [0.1, 0.15) is 39.2 Å². The number of hydrogen-bond acceptors (Lipinski definition) is 4. The minimum absolute atomic E-state index is 0.0133. The zero-order valence-electron chi connectivity index (χ0n) is 18.8. The van der Waals surface area contributed by atoms with Crippen molar-refractivity contribution in [2.75, 3.05) is 14.2 Å². The van der Waals surface area contributed by atoms with Gasteiger partial charge in [-0.05, 0) is 65.4 Å². The van der Waals surface area contributed by atoms with Gasteiger partial charge in [0.25, 0.3) is 5.91 Å². The van der Waals surface area contributed by atoms with Crippen LogP contribution in [0.3, 0.4) is 0 Å². The van der Waals surface area contributed by atoms with Crippen molar-refractivity contribution in [3.05, 3.63) is 101 Å². The van der Waals surface area contributed by atoms with E-state index in [1.807, 2.05) is 67.7 Å². The average molecular weight is 436 g/mol. The van der Waals surface area contributed by atoms with Gasteiger partial charge in [-0.2, -0.15) is 0 Å². The molecule has 0 spiro atoms. The van der Waals surface area contributed by atoms with E-state index in [1.54, 1.807) is 24.4 Å². The highest BCUT2D eigenvalue weighted by molar-refractivity contribution is 6.09. The zero-order chi connectivity index (χ0) is 22.8. The normalized spacial score (nSPS) is 13.8. The van der Waals surface area contributed by atoms with Crippen molar-refractivity contribution in [3.63, 3.8) is 0 Å². The summed E-state index contributed by atoms with van der Waals surface area (Å²) in [6, 6.07) is 19.8. The van der Waals surface area contributed by atoms with E-state index in [2.05, 4.69) is 11.1 Å². The van der Waals surface area contributed by atoms with E-state index in [-0.39, 0.29) is 5.91 Å². The topological polar surface area (TPSA) is 55.3 Å². The van der Waals surface area contributed by atoms with Crippen LogP contribution in [0.5, 0.6) is 5.75 Å². The molecule has 164 valence electrons. The van der Waals surface area contributed by atoms with Crippen LogP contribution in [0.25, 0.3) is 22.6 Å². The van der Waals surface area contributed by atoms with Gasteiger partial charge in [0.15, 0.2) is 0 Å². The fourth-order valence-electron chi connectivity index (χ4n) is 4.45. The van der Waals surface area contributed by atoms with Crippen molar-refractivity contribution in [2.45, 2.75) is 19.4 Å². The van der Waals surface area contributed by atoms with E-state index in [1.165, 1.54) is 0 Å². The lowest BCUT2D eigenvalue weighted by Gasteiger charge is -2.20. The Morgan fingerprint density at radius 3 is 2.64 bits per heavy atom. The van der Waals surface area contributed by atoms with Gasteiger partial charge in [-0.15, -0.1) is 0 Å². The Kier molecular flexibility index (Phi) is 5.61. The molecular weight excluding hydrogens is 410 g/mol. The lowest BCUT2D eigenvalue weighted by Crippen LogP contribution is -2.27. The maximum atomic E-state index is 13.7. The molecule has 0 unspecified atom stereocenters. The van der Waals surface area contributed by atoms with Crippen LogP contribution in [-0.4, -0.2) is 34.9 Å². The summed E-state index contributed by atoms with van der Waals surface area (Å²) in [6.07, 6.45) is 7.37. The number of carbonyl (C=O) groups excluding carboxylic acids is 1. The number of allylic oxidation sites excluding steroid dienone is 1. The second-order valence-corrected chi connectivity index (χ2v) is 8.30. The van der Waals surface area contributed by atoms with Crippen molar-refractivity contribution < 1.29 is 9.53 Å². The second-order valence-electron chi connectivity index (χ2n) is 8.30. The number of amides is 1. The molecule has 5 rings (SSSR count). The van der Waals surface area contributed by atoms with Crippen LogP contribution in [0.4, 0.5) is 0 Å². The van der Waals surface area contributed by atoms with E-state index < -0.39 is 0 Å². The van der Waals surface area contributed by atoms with Crippen LogP contribution in [0.2, 0.25) is 0 Å². The smallest absolute Gasteiger partial charge is 0.254 e. The molecular formula is C28H25N3O2.